The van der Waals surface area contributed by atoms with Crippen molar-refractivity contribution in [3.8, 4) is 6.07 Å². The van der Waals surface area contributed by atoms with Gasteiger partial charge in [-0.05, 0) is 12.1 Å². The number of hydrogen-bond donors (Lipinski definition) is 2. The first-order valence-corrected chi connectivity index (χ1v) is 4.46. The number of carbonyl (C=O) groups is 1. The van der Waals surface area contributed by atoms with E-state index < -0.39 is 5.91 Å². The van der Waals surface area contributed by atoms with Gasteiger partial charge < -0.3 is 10.3 Å². The van der Waals surface area contributed by atoms with Gasteiger partial charge in [0.15, 0.2) is 5.69 Å². The molecule has 1 amide bonds. The number of carbonyl (C=O) groups excluding carboxylic acids is 1. The zero-order chi connectivity index (χ0) is 11.4. The zero-order valence-corrected chi connectivity index (χ0v) is 8.14. The summed E-state index contributed by atoms with van der Waals surface area (Å²) in [6.07, 6.45) is 4.43. The van der Waals surface area contributed by atoms with E-state index in [1.54, 1.807) is 24.5 Å². The fourth-order valence-electron chi connectivity index (χ4n) is 1.18. The quantitative estimate of drug-likeness (QED) is 0.775. The summed E-state index contributed by atoms with van der Waals surface area (Å²) in [7, 11) is 0. The van der Waals surface area contributed by atoms with Crippen LogP contribution < -0.4 is 5.32 Å². The van der Waals surface area contributed by atoms with Crippen LogP contribution in [0.15, 0.2) is 30.9 Å². The number of aromatic amines is 1. The fourth-order valence-corrected chi connectivity index (χ4v) is 1.18. The molecule has 0 unspecified atom stereocenters. The first kappa shape index (κ1) is 9.86. The molecule has 2 N–H and O–H groups in total. The number of nitriles is 1. The zero-order valence-electron chi connectivity index (χ0n) is 8.14. The van der Waals surface area contributed by atoms with Crippen molar-refractivity contribution >= 4 is 11.6 Å². The summed E-state index contributed by atoms with van der Waals surface area (Å²) in [5, 5.41) is 11.3. The highest BCUT2D eigenvalue weighted by atomic mass is 16.1. The number of amides is 1. The van der Waals surface area contributed by atoms with Gasteiger partial charge >= 0.3 is 0 Å². The van der Waals surface area contributed by atoms with E-state index in [0.29, 0.717) is 5.69 Å². The van der Waals surface area contributed by atoms with Gasteiger partial charge in [-0.25, -0.2) is 4.98 Å². The minimum atomic E-state index is -0.403. The Kier molecular flexibility index (Phi) is 2.61. The van der Waals surface area contributed by atoms with Crippen molar-refractivity contribution in [3.63, 3.8) is 0 Å². The molecule has 0 spiro atoms. The molecule has 2 aromatic rings. The molecule has 0 aliphatic heterocycles. The SMILES string of the molecule is N#Cc1nc[nH]c1C(=O)Nc1ccncc1. The molecular formula is C10H7N5O. The number of hydrogen-bond acceptors (Lipinski definition) is 4. The molecule has 6 nitrogen and oxygen atoms in total. The van der Waals surface area contributed by atoms with E-state index in [1.165, 1.54) is 6.33 Å². The number of aromatic nitrogens is 3. The van der Waals surface area contributed by atoms with E-state index in [1.807, 2.05) is 6.07 Å². The standard InChI is InChI=1S/C10H7N5O/c11-5-8-9(14-6-13-8)10(16)15-7-1-3-12-4-2-7/h1-4,6H,(H,13,14)(H,12,15,16). The molecule has 2 rings (SSSR count). The lowest BCUT2D eigenvalue weighted by Gasteiger charge is -2.02. The molecular weight excluding hydrogens is 206 g/mol. The van der Waals surface area contributed by atoms with Gasteiger partial charge in [0.05, 0.1) is 6.33 Å². The number of imidazole rings is 1. The van der Waals surface area contributed by atoms with E-state index >= 15 is 0 Å². The number of H-pyrrole nitrogens is 1. The molecule has 0 radical (unpaired) electrons. The second-order valence-electron chi connectivity index (χ2n) is 2.93. The van der Waals surface area contributed by atoms with Crippen LogP contribution in [0.1, 0.15) is 16.2 Å². The van der Waals surface area contributed by atoms with Crippen molar-refractivity contribution in [2.24, 2.45) is 0 Å². The summed E-state index contributed by atoms with van der Waals surface area (Å²) in [5.74, 6) is -0.403. The van der Waals surface area contributed by atoms with E-state index in [2.05, 4.69) is 20.3 Å². The van der Waals surface area contributed by atoms with Gasteiger partial charge in [-0.1, -0.05) is 0 Å². The Morgan fingerprint density at radius 3 is 2.88 bits per heavy atom. The lowest BCUT2D eigenvalue weighted by molar-refractivity contribution is 0.102. The van der Waals surface area contributed by atoms with Gasteiger partial charge in [-0.3, -0.25) is 9.78 Å². The molecule has 0 aromatic carbocycles. The van der Waals surface area contributed by atoms with Crippen molar-refractivity contribution in [1.82, 2.24) is 15.0 Å². The first-order valence-electron chi connectivity index (χ1n) is 4.46. The molecule has 16 heavy (non-hydrogen) atoms. The number of nitrogens with zero attached hydrogens (tertiary/aromatic N) is 3. The third-order valence-corrected chi connectivity index (χ3v) is 1.91. The monoisotopic (exact) mass is 213 g/mol. The molecule has 0 atom stereocenters. The van der Waals surface area contributed by atoms with Crippen molar-refractivity contribution < 1.29 is 4.79 Å². The molecule has 78 valence electrons. The van der Waals surface area contributed by atoms with Crippen LogP contribution in [0.25, 0.3) is 0 Å². The summed E-state index contributed by atoms with van der Waals surface area (Å²) in [5.41, 5.74) is 0.837. The number of rotatable bonds is 2. The molecule has 2 aromatic heterocycles. The Balaban J connectivity index is 2.19. The molecule has 6 heteroatoms. The van der Waals surface area contributed by atoms with Crippen molar-refractivity contribution in [2.75, 3.05) is 5.32 Å². The first-order chi connectivity index (χ1) is 7.81. The Labute approximate surface area is 91.0 Å². The lowest BCUT2D eigenvalue weighted by Crippen LogP contribution is -2.13. The Morgan fingerprint density at radius 1 is 1.44 bits per heavy atom. The topological polar surface area (TPSA) is 94.5 Å². The Bertz CT molecular complexity index is 540. The van der Waals surface area contributed by atoms with Crippen LogP contribution >= 0.6 is 0 Å². The summed E-state index contributed by atoms with van der Waals surface area (Å²) in [4.78, 5) is 21.8. The maximum absolute atomic E-state index is 11.7. The van der Waals surface area contributed by atoms with Crippen LogP contribution in [0.3, 0.4) is 0 Å². The lowest BCUT2D eigenvalue weighted by atomic mass is 10.3. The fraction of sp³-hybridized carbons (Fsp3) is 0. The minimum absolute atomic E-state index is 0.0755. The molecule has 2 heterocycles. The maximum Gasteiger partial charge on any atom is 0.275 e. The minimum Gasteiger partial charge on any atom is -0.339 e. The molecule has 0 fully saturated rings. The molecule has 0 saturated carbocycles. The van der Waals surface area contributed by atoms with Crippen LogP contribution in [0.2, 0.25) is 0 Å². The van der Waals surface area contributed by atoms with Gasteiger partial charge in [0, 0.05) is 18.1 Å². The largest absolute Gasteiger partial charge is 0.339 e. The summed E-state index contributed by atoms with van der Waals surface area (Å²) in [6.45, 7) is 0. The van der Waals surface area contributed by atoms with Crippen molar-refractivity contribution in [3.05, 3.63) is 42.2 Å². The number of anilines is 1. The molecule has 0 bridgehead atoms. The second-order valence-corrected chi connectivity index (χ2v) is 2.93. The van der Waals surface area contributed by atoms with Crippen LogP contribution in [-0.2, 0) is 0 Å². The Morgan fingerprint density at radius 2 is 2.19 bits per heavy atom. The number of pyridine rings is 1. The van der Waals surface area contributed by atoms with E-state index in [9.17, 15) is 4.79 Å². The highest BCUT2D eigenvalue weighted by Crippen LogP contribution is 2.07. The normalized spacial score (nSPS) is 9.44. The molecule has 0 aliphatic carbocycles. The van der Waals surface area contributed by atoms with Gasteiger partial charge in [0.25, 0.3) is 5.91 Å². The maximum atomic E-state index is 11.7. The number of nitrogens with one attached hydrogen (secondary N) is 2. The van der Waals surface area contributed by atoms with Crippen molar-refractivity contribution in [2.45, 2.75) is 0 Å². The van der Waals surface area contributed by atoms with Gasteiger partial charge in [-0.2, -0.15) is 5.26 Å². The predicted molar refractivity (Wildman–Crippen MR) is 55.5 cm³/mol. The van der Waals surface area contributed by atoms with Crippen LogP contribution in [-0.4, -0.2) is 20.9 Å². The highest BCUT2D eigenvalue weighted by molar-refractivity contribution is 6.04. The third kappa shape index (κ3) is 1.88. The van der Waals surface area contributed by atoms with Gasteiger partial charge in [0.2, 0.25) is 0 Å². The third-order valence-electron chi connectivity index (χ3n) is 1.91. The molecule has 0 saturated heterocycles. The average Bonchev–Trinajstić information content (AvgIpc) is 2.78. The van der Waals surface area contributed by atoms with E-state index in [0.717, 1.165) is 0 Å². The summed E-state index contributed by atoms with van der Waals surface area (Å²) >= 11 is 0. The summed E-state index contributed by atoms with van der Waals surface area (Å²) < 4.78 is 0. The van der Waals surface area contributed by atoms with Crippen LogP contribution in [0, 0.1) is 11.3 Å². The van der Waals surface area contributed by atoms with Crippen LogP contribution in [0.4, 0.5) is 5.69 Å². The van der Waals surface area contributed by atoms with Gasteiger partial charge in [0.1, 0.15) is 11.8 Å². The summed E-state index contributed by atoms with van der Waals surface area (Å²) in [6, 6.07) is 5.13. The molecule has 0 aliphatic rings. The smallest absolute Gasteiger partial charge is 0.275 e. The highest BCUT2D eigenvalue weighted by Gasteiger charge is 2.13. The predicted octanol–water partition coefficient (Wildman–Crippen LogP) is 0.929. The Hall–Kier alpha value is -2.68. The van der Waals surface area contributed by atoms with E-state index in [4.69, 9.17) is 5.26 Å². The van der Waals surface area contributed by atoms with Crippen LogP contribution in [0.5, 0.6) is 0 Å². The van der Waals surface area contributed by atoms with E-state index in [-0.39, 0.29) is 11.4 Å². The van der Waals surface area contributed by atoms with Gasteiger partial charge in [-0.15, -0.1) is 0 Å². The average molecular weight is 213 g/mol. The van der Waals surface area contributed by atoms with Crippen molar-refractivity contribution in [1.29, 1.82) is 5.26 Å². The second kappa shape index (κ2) is 4.23.